The molecular formula is C24H32O4S. The lowest BCUT2D eigenvalue weighted by molar-refractivity contribution is -0.106. The van der Waals surface area contributed by atoms with Gasteiger partial charge in [-0.1, -0.05) is 50.9 Å². The van der Waals surface area contributed by atoms with Crippen molar-refractivity contribution in [2.24, 2.45) is 5.92 Å². The van der Waals surface area contributed by atoms with Crippen LogP contribution in [0.25, 0.3) is 5.57 Å². The van der Waals surface area contributed by atoms with Crippen LogP contribution in [0.15, 0.2) is 11.8 Å². The highest BCUT2D eigenvalue weighted by atomic mass is 32.2. The van der Waals surface area contributed by atoms with Crippen molar-refractivity contribution < 1.29 is 19.1 Å². The molecule has 1 spiro atoms. The van der Waals surface area contributed by atoms with Crippen LogP contribution in [0.3, 0.4) is 0 Å². The number of hydrogen-bond donors (Lipinski definition) is 0. The van der Waals surface area contributed by atoms with Gasteiger partial charge in [0.1, 0.15) is 5.76 Å². The Morgan fingerprint density at radius 3 is 2.34 bits per heavy atom. The minimum atomic E-state index is -0.703. The predicted octanol–water partition coefficient (Wildman–Crippen LogP) is 6.42. The molecule has 158 valence electrons. The Labute approximate surface area is 178 Å². The zero-order chi connectivity index (χ0) is 21.3. The van der Waals surface area contributed by atoms with E-state index in [0.717, 1.165) is 48.8 Å². The number of ether oxygens (including phenoxy) is 2. The number of carbonyl (C=O) groups is 2. The molecule has 0 bridgehead atoms. The molecule has 0 N–H and O–H groups in total. The maximum absolute atomic E-state index is 13.3. The van der Waals surface area contributed by atoms with Crippen LogP contribution in [0, 0.1) is 33.6 Å². The van der Waals surface area contributed by atoms with E-state index < -0.39 is 10.9 Å². The van der Waals surface area contributed by atoms with Gasteiger partial charge in [-0.05, 0) is 74.3 Å². The first kappa shape index (κ1) is 21.9. The largest absolute Gasteiger partial charge is 0.513 e. The number of carbonyl (C=O) groups excluding carboxylic acids is 2. The molecule has 5 heteroatoms. The van der Waals surface area contributed by atoms with Crippen molar-refractivity contribution >= 4 is 28.6 Å². The zero-order valence-corrected chi connectivity index (χ0v) is 19.3. The molecule has 0 atom stereocenters. The van der Waals surface area contributed by atoms with Crippen molar-refractivity contribution in [3.8, 4) is 0 Å². The molecule has 0 unspecified atom stereocenters. The van der Waals surface area contributed by atoms with E-state index in [1.165, 1.54) is 22.9 Å². The van der Waals surface area contributed by atoms with Gasteiger partial charge in [0.2, 0.25) is 5.12 Å². The number of aryl methyl sites for hydroxylation is 2. The van der Waals surface area contributed by atoms with Crippen LogP contribution in [-0.2, 0) is 14.3 Å². The predicted molar refractivity (Wildman–Crippen MR) is 118 cm³/mol. The molecule has 4 nitrogen and oxygen atoms in total. The molecule has 1 aliphatic carbocycles. The maximum Gasteiger partial charge on any atom is 0.513 e. The third-order valence-corrected chi connectivity index (χ3v) is 7.49. The Morgan fingerprint density at radius 1 is 1.07 bits per heavy atom. The highest BCUT2D eigenvalue weighted by Gasteiger charge is 2.50. The van der Waals surface area contributed by atoms with Gasteiger partial charge < -0.3 is 9.47 Å². The van der Waals surface area contributed by atoms with Gasteiger partial charge in [-0.2, -0.15) is 0 Å². The molecule has 1 saturated carbocycles. The third-order valence-electron chi connectivity index (χ3n) is 6.12. The molecule has 1 aromatic carbocycles. The second kappa shape index (κ2) is 8.55. The highest BCUT2D eigenvalue weighted by Crippen LogP contribution is 2.55. The SMILES string of the molecule is Cc1cc(C)c(C2=C(OC(=O)OCC(C)C)C3(CCCCC3)SC2=O)c(C)c1C. The van der Waals surface area contributed by atoms with Gasteiger partial charge in [0.15, 0.2) is 0 Å². The summed E-state index contributed by atoms with van der Waals surface area (Å²) in [5, 5.41) is 0.00742. The average molecular weight is 417 g/mol. The van der Waals surface area contributed by atoms with E-state index in [-0.39, 0.29) is 11.0 Å². The molecule has 0 saturated heterocycles. The Kier molecular flexibility index (Phi) is 6.47. The lowest BCUT2D eigenvalue weighted by Crippen LogP contribution is -2.31. The summed E-state index contributed by atoms with van der Waals surface area (Å²) in [6, 6.07) is 2.11. The summed E-state index contributed by atoms with van der Waals surface area (Å²) in [6.45, 7) is 12.5. The van der Waals surface area contributed by atoms with E-state index in [0.29, 0.717) is 17.9 Å². The van der Waals surface area contributed by atoms with E-state index in [2.05, 4.69) is 26.8 Å². The summed E-state index contributed by atoms with van der Waals surface area (Å²) >= 11 is 1.35. The molecule has 1 fully saturated rings. The number of benzene rings is 1. The molecule has 1 aromatic rings. The van der Waals surface area contributed by atoms with Gasteiger partial charge in [-0.3, -0.25) is 4.79 Å². The topological polar surface area (TPSA) is 52.6 Å². The van der Waals surface area contributed by atoms with E-state index in [9.17, 15) is 9.59 Å². The smallest absolute Gasteiger partial charge is 0.434 e. The first-order valence-electron chi connectivity index (χ1n) is 10.6. The van der Waals surface area contributed by atoms with E-state index in [4.69, 9.17) is 9.47 Å². The summed E-state index contributed by atoms with van der Waals surface area (Å²) in [4.78, 5) is 25.8. The van der Waals surface area contributed by atoms with Crippen molar-refractivity contribution in [2.75, 3.05) is 6.61 Å². The monoisotopic (exact) mass is 416 g/mol. The van der Waals surface area contributed by atoms with Crippen molar-refractivity contribution in [3.05, 3.63) is 39.6 Å². The maximum atomic E-state index is 13.3. The minimum absolute atomic E-state index is 0.00742. The first-order chi connectivity index (χ1) is 13.7. The molecule has 0 radical (unpaired) electrons. The van der Waals surface area contributed by atoms with Gasteiger partial charge in [0.25, 0.3) is 0 Å². The quantitative estimate of drug-likeness (QED) is 0.530. The third kappa shape index (κ3) is 4.25. The standard InChI is InChI=1S/C24H32O4S/c1-14(2)13-27-23(26)28-21-20(19-16(4)12-15(3)17(5)18(19)6)22(25)29-24(21)10-8-7-9-11-24/h12,14H,7-11,13H2,1-6H3. The summed E-state index contributed by atoms with van der Waals surface area (Å²) in [5.74, 6) is 0.749. The van der Waals surface area contributed by atoms with Crippen molar-refractivity contribution in [1.82, 2.24) is 0 Å². The Balaban J connectivity index is 2.13. The van der Waals surface area contributed by atoms with E-state index >= 15 is 0 Å². The average Bonchev–Trinajstić information content (AvgIpc) is 2.90. The molecule has 0 amide bonds. The normalized spacial score (nSPS) is 18.7. The summed E-state index contributed by atoms with van der Waals surface area (Å²) in [7, 11) is 0. The lowest BCUT2D eigenvalue weighted by Gasteiger charge is -2.33. The van der Waals surface area contributed by atoms with Crippen molar-refractivity contribution in [3.63, 3.8) is 0 Å². The van der Waals surface area contributed by atoms with E-state index in [1.54, 1.807) is 0 Å². The van der Waals surface area contributed by atoms with Crippen LogP contribution in [0.1, 0.15) is 73.8 Å². The van der Waals surface area contributed by atoms with Gasteiger partial charge in [0, 0.05) is 0 Å². The van der Waals surface area contributed by atoms with Crippen LogP contribution in [0.5, 0.6) is 0 Å². The van der Waals surface area contributed by atoms with Crippen LogP contribution in [-0.4, -0.2) is 22.6 Å². The highest BCUT2D eigenvalue weighted by molar-refractivity contribution is 8.16. The lowest BCUT2D eigenvalue weighted by atomic mass is 9.82. The molecule has 29 heavy (non-hydrogen) atoms. The van der Waals surface area contributed by atoms with Gasteiger partial charge in [-0.25, -0.2) is 4.79 Å². The first-order valence-corrected chi connectivity index (χ1v) is 11.4. The summed E-state index contributed by atoms with van der Waals surface area (Å²) < 4.78 is 10.7. The summed E-state index contributed by atoms with van der Waals surface area (Å²) in [6.07, 6.45) is 4.22. The molecular weight excluding hydrogens is 384 g/mol. The second-order valence-corrected chi connectivity index (χ2v) is 10.2. The van der Waals surface area contributed by atoms with Gasteiger partial charge in [-0.15, -0.1) is 0 Å². The second-order valence-electron chi connectivity index (χ2n) is 8.84. The molecule has 2 aliphatic rings. The van der Waals surface area contributed by atoms with E-state index in [1.807, 2.05) is 20.8 Å². The molecule has 1 aliphatic heterocycles. The molecule has 3 rings (SSSR count). The number of hydrogen-bond acceptors (Lipinski definition) is 5. The summed E-state index contributed by atoms with van der Waals surface area (Å²) in [5.41, 5.74) is 5.97. The Bertz CT molecular complexity index is 860. The van der Waals surface area contributed by atoms with Gasteiger partial charge >= 0.3 is 6.16 Å². The minimum Gasteiger partial charge on any atom is -0.434 e. The van der Waals surface area contributed by atoms with Crippen LogP contribution < -0.4 is 0 Å². The fourth-order valence-corrected chi connectivity index (χ4v) is 5.80. The van der Waals surface area contributed by atoms with Crippen molar-refractivity contribution in [1.29, 1.82) is 0 Å². The van der Waals surface area contributed by atoms with Crippen molar-refractivity contribution in [2.45, 2.75) is 78.4 Å². The Hall–Kier alpha value is -1.75. The fourth-order valence-electron chi connectivity index (χ4n) is 4.42. The van der Waals surface area contributed by atoms with Gasteiger partial charge in [0.05, 0.1) is 16.9 Å². The van der Waals surface area contributed by atoms with Crippen LogP contribution >= 0.6 is 11.8 Å². The molecule has 1 heterocycles. The zero-order valence-electron chi connectivity index (χ0n) is 18.4. The molecule has 0 aromatic heterocycles. The van der Waals surface area contributed by atoms with Crippen LogP contribution in [0.2, 0.25) is 0 Å². The number of thioether (sulfide) groups is 1. The number of rotatable bonds is 4. The fraction of sp³-hybridized carbons (Fsp3) is 0.583. The Morgan fingerprint density at radius 2 is 1.72 bits per heavy atom. The van der Waals surface area contributed by atoms with Crippen LogP contribution in [0.4, 0.5) is 4.79 Å².